The number of phenols is 1. The average Bonchev–Trinajstić information content (AvgIpc) is 2.98. The summed E-state index contributed by atoms with van der Waals surface area (Å²) in [5.74, 6) is 2.50. The van der Waals surface area contributed by atoms with Crippen LogP contribution in [0.25, 0.3) is 0 Å². The van der Waals surface area contributed by atoms with E-state index < -0.39 is 0 Å². The largest absolute Gasteiger partial charge is 0.508 e. The van der Waals surface area contributed by atoms with E-state index in [0.717, 1.165) is 37.6 Å². The van der Waals surface area contributed by atoms with Crippen molar-refractivity contribution in [2.45, 2.75) is 31.4 Å². The van der Waals surface area contributed by atoms with Gasteiger partial charge in [0.05, 0.1) is 6.54 Å². The van der Waals surface area contributed by atoms with Gasteiger partial charge in [0, 0.05) is 18.3 Å². The van der Waals surface area contributed by atoms with Crippen molar-refractivity contribution >= 4 is 41.7 Å². The summed E-state index contributed by atoms with van der Waals surface area (Å²) < 4.78 is 0. The lowest BCUT2D eigenvalue weighted by molar-refractivity contribution is 0.474. The van der Waals surface area contributed by atoms with Crippen molar-refractivity contribution in [3.63, 3.8) is 0 Å². The zero-order chi connectivity index (χ0) is 14.9. The Balaban J connectivity index is 0.00000242. The van der Waals surface area contributed by atoms with Gasteiger partial charge >= 0.3 is 0 Å². The molecule has 1 saturated heterocycles. The second-order valence-corrected chi connectivity index (χ2v) is 6.61. The van der Waals surface area contributed by atoms with E-state index in [4.69, 9.17) is 0 Å². The summed E-state index contributed by atoms with van der Waals surface area (Å²) in [6, 6.07) is 7.41. The summed E-state index contributed by atoms with van der Waals surface area (Å²) in [5.41, 5.74) is 1.13. The molecule has 0 spiro atoms. The minimum atomic E-state index is 0. The molecule has 0 aromatic heterocycles. The Kier molecular flexibility index (Phi) is 9.70. The third kappa shape index (κ3) is 7.09. The zero-order valence-corrected chi connectivity index (χ0v) is 16.2. The van der Waals surface area contributed by atoms with Gasteiger partial charge in [0.2, 0.25) is 0 Å². The van der Waals surface area contributed by atoms with Crippen molar-refractivity contribution in [3.8, 4) is 5.75 Å². The first-order valence-corrected chi connectivity index (χ1v) is 8.74. The number of thioether (sulfide) groups is 1. The highest BCUT2D eigenvalue weighted by Gasteiger charge is 2.14. The van der Waals surface area contributed by atoms with Crippen LogP contribution in [0.3, 0.4) is 0 Å². The number of hydrogen-bond donors (Lipinski definition) is 3. The Bertz CT molecular complexity index is 464. The quantitative estimate of drug-likeness (QED) is 0.365. The predicted molar refractivity (Wildman–Crippen MR) is 107 cm³/mol. The van der Waals surface area contributed by atoms with Crippen LogP contribution in [0, 0.1) is 0 Å². The van der Waals surface area contributed by atoms with Crippen molar-refractivity contribution in [1.29, 1.82) is 0 Å². The molecule has 1 aliphatic heterocycles. The van der Waals surface area contributed by atoms with E-state index in [2.05, 4.69) is 22.5 Å². The number of rotatable bonds is 6. The first kappa shape index (κ1) is 19.4. The molecule has 0 radical (unpaired) electrons. The van der Waals surface area contributed by atoms with Gasteiger partial charge in [-0.1, -0.05) is 12.1 Å². The second-order valence-electron chi connectivity index (χ2n) is 5.20. The summed E-state index contributed by atoms with van der Waals surface area (Å²) >= 11 is 2.03. The molecule has 1 atom stereocenters. The molecule has 2 rings (SSSR count). The predicted octanol–water partition coefficient (Wildman–Crippen LogP) is 3.00. The van der Waals surface area contributed by atoms with Gasteiger partial charge in [-0.2, -0.15) is 11.8 Å². The fourth-order valence-electron chi connectivity index (χ4n) is 2.36. The minimum Gasteiger partial charge on any atom is -0.508 e. The maximum atomic E-state index is 9.45. The van der Waals surface area contributed by atoms with Crippen LogP contribution in [0.15, 0.2) is 29.3 Å². The van der Waals surface area contributed by atoms with E-state index in [0.29, 0.717) is 11.0 Å². The molecular weight excluding hydrogens is 409 g/mol. The molecule has 0 aliphatic carbocycles. The maximum Gasteiger partial charge on any atom is 0.191 e. The van der Waals surface area contributed by atoms with Crippen LogP contribution in [0.5, 0.6) is 5.75 Å². The van der Waals surface area contributed by atoms with Crippen LogP contribution in [-0.2, 0) is 6.42 Å². The van der Waals surface area contributed by atoms with Gasteiger partial charge in [-0.25, -0.2) is 0 Å². The van der Waals surface area contributed by atoms with Crippen molar-refractivity contribution in [3.05, 3.63) is 29.8 Å². The molecule has 1 aliphatic rings. The fourth-order valence-corrected chi connectivity index (χ4v) is 3.54. The van der Waals surface area contributed by atoms with Crippen molar-refractivity contribution in [2.24, 2.45) is 4.99 Å². The highest BCUT2D eigenvalue weighted by Crippen LogP contribution is 2.25. The average molecular weight is 435 g/mol. The Morgan fingerprint density at radius 1 is 1.41 bits per heavy atom. The van der Waals surface area contributed by atoms with Gasteiger partial charge in [-0.15, -0.1) is 24.0 Å². The number of guanidine groups is 1. The Hall–Kier alpha value is -0.630. The van der Waals surface area contributed by atoms with Crippen LogP contribution in [0.4, 0.5) is 0 Å². The van der Waals surface area contributed by atoms with Crippen molar-refractivity contribution in [2.75, 3.05) is 25.4 Å². The molecule has 0 saturated carbocycles. The summed E-state index contributed by atoms with van der Waals surface area (Å²) in [4.78, 5) is 4.67. The Morgan fingerprint density at radius 3 is 2.95 bits per heavy atom. The highest BCUT2D eigenvalue weighted by molar-refractivity contribution is 14.0. The van der Waals surface area contributed by atoms with Crippen molar-refractivity contribution in [1.82, 2.24) is 10.6 Å². The van der Waals surface area contributed by atoms with Crippen LogP contribution in [0.1, 0.15) is 25.3 Å². The lowest BCUT2D eigenvalue weighted by Crippen LogP contribution is -2.38. The summed E-state index contributed by atoms with van der Waals surface area (Å²) in [6.07, 6.45) is 3.49. The molecule has 0 bridgehead atoms. The van der Waals surface area contributed by atoms with E-state index in [1.807, 2.05) is 23.9 Å². The number of nitrogens with one attached hydrogen (secondary N) is 2. The molecule has 0 amide bonds. The molecule has 1 aromatic rings. The first-order valence-electron chi connectivity index (χ1n) is 7.69. The van der Waals surface area contributed by atoms with E-state index in [1.165, 1.54) is 18.6 Å². The maximum absolute atomic E-state index is 9.45. The van der Waals surface area contributed by atoms with Gasteiger partial charge in [-0.3, -0.25) is 4.99 Å². The lowest BCUT2D eigenvalue weighted by Gasteiger charge is -2.12. The molecule has 4 nitrogen and oxygen atoms in total. The highest BCUT2D eigenvalue weighted by atomic mass is 127. The van der Waals surface area contributed by atoms with Crippen molar-refractivity contribution < 1.29 is 5.11 Å². The third-order valence-corrected chi connectivity index (χ3v) is 4.82. The summed E-state index contributed by atoms with van der Waals surface area (Å²) in [6.45, 7) is 4.66. The molecule has 6 heteroatoms. The van der Waals surface area contributed by atoms with Crippen LogP contribution < -0.4 is 10.6 Å². The molecule has 1 heterocycles. The first-order chi connectivity index (χ1) is 10.3. The van der Waals surface area contributed by atoms with E-state index in [-0.39, 0.29) is 24.0 Å². The summed E-state index contributed by atoms with van der Waals surface area (Å²) in [5, 5.41) is 16.8. The van der Waals surface area contributed by atoms with Crippen LogP contribution >= 0.6 is 35.7 Å². The van der Waals surface area contributed by atoms with Gasteiger partial charge in [-0.05, 0) is 49.6 Å². The van der Waals surface area contributed by atoms with E-state index in [1.54, 1.807) is 12.1 Å². The van der Waals surface area contributed by atoms with Gasteiger partial charge < -0.3 is 15.7 Å². The standard InChI is InChI=1S/C16H25N3OS.HI/c1-2-17-16(19-12-15-7-4-10-21-15)18-9-8-13-5-3-6-14(20)11-13;/h3,5-6,11,15,20H,2,4,7-10,12H2,1H3,(H2,17,18,19);1H. The number of phenolic OH excluding ortho intramolecular Hbond substituents is 1. The Morgan fingerprint density at radius 2 is 2.27 bits per heavy atom. The molecule has 22 heavy (non-hydrogen) atoms. The van der Waals surface area contributed by atoms with Crippen LogP contribution in [0.2, 0.25) is 0 Å². The minimum absolute atomic E-state index is 0. The number of aromatic hydroxyl groups is 1. The molecule has 124 valence electrons. The van der Waals surface area contributed by atoms with Gasteiger partial charge in [0.1, 0.15) is 5.75 Å². The normalized spacial score (nSPS) is 17.9. The van der Waals surface area contributed by atoms with E-state index >= 15 is 0 Å². The monoisotopic (exact) mass is 435 g/mol. The van der Waals surface area contributed by atoms with Crippen LogP contribution in [-0.4, -0.2) is 41.7 Å². The smallest absolute Gasteiger partial charge is 0.191 e. The number of nitrogens with zero attached hydrogens (tertiary/aromatic N) is 1. The Labute approximate surface area is 154 Å². The fraction of sp³-hybridized carbons (Fsp3) is 0.562. The molecule has 1 aromatic carbocycles. The SMILES string of the molecule is CCNC(=NCC1CCCS1)NCCc1cccc(O)c1.I. The third-order valence-electron chi connectivity index (χ3n) is 3.44. The zero-order valence-electron chi connectivity index (χ0n) is 13.0. The lowest BCUT2D eigenvalue weighted by atomic mass is 10.1. The summed E-state index contributed by atoms with van der Waals surface area (Å²) in [7, 11) is 0. The molecule has 1 fully saturated rings. The van der Waals surface area contributed by atoms with Gasteiger partial charge in [0.15, 0.2) is 5.96 Å². The second kappa shape index (κ2) is 11.0. The van der Waals surface area contributed by atoms with Gasteiger partial charge in [0.25, 0.3) is 0 Å². The number of aliphatic imine (C=N–C) groups is 1. The number of benzene rings is 1. The molecular formula is C16H26IN3OS. The molecule has 3 N–H and O–H groups in total. The van der Waals surface area contributed by atoms with E-state index in [9.17, 15) is 5.11 Å². The number of hydrogen-bond acceptors (Lipinski definition) is 3. The topological polar surface area (TPSA) is 56.7 Å². The molecule has 1 unspecified atom stereocenters. The number of halogens is 1.